The molecule has 1 heterocycles. The second kappa shape index (κ2) is 3.51. The van der Waals surface area contributed by atoms with Crippen LogP contribution in [0.5, 0.6) is 0 Å². The summed E-state index contributed by atoms with van der Waals surface area (Å²) in [6, 6.07) is 6.43. The quantitative estimate of drug-likeness (QED) is 0.551. The fourth-order valence-corrected chi connectivity index (χ4v) is 1.49. The van der Waals surface area contributed by atoms with Crippen LogP contribution in [-0.2, 0) is 0 Å². The molecule has 4 heteroatoms. The van der Waals surface area contributed by atoms with E-state index in [1.807, 2.05) is 0 Å². The number of fused-ring (bicyclic) bond motifs is 1. The molecule has 0 saturated carbocycles. The second-order valence-electron chi connectivity index (χ2n) is 3.19. The molecular formula is C11H7ClO3. The van der Waals surface area contributed by atoms with Crippen LogP contribution in [0.15, 0.2) is 33.5 Å². The summed E-state index contributed by atoms with van der Waals surface area (Å²) >= 11 is 5.74. The van der Waals surface area contributed by atoms with E-state index < -0.39 is 5.63 Å². The highest BCUT2D eigenvalue weighted by Gasteiger charge is 2.09. The fraction of sp³-hybridized carbons (Fsp3) is 0.0909. The molecular weight excluding hydrogens is 216 g/mol. The van der Waals surface area contributed by atoms with Gasteiger partial charge in [-0.05, 0) is 25.1 Å². The minimum Gasteiger partial charge on any atom is -0.422 e. The normalized spacial score (nSPS) is 10.5. The third kappa shape index (κ3) is 1.78. The maximum atomic E-state index is 11.4. The van der Waals surface area contributed by atoms with E-state index >= 15 is 0 Å². The Hall–Kier alpha value is -1.61. The zero-order valence-electron chi connectivity index (χ0n) is 7.91. The smallest absolute Gasteiger partial charge is 0.347 e. The molecule has 2 aromatic rings. The summed E-state index contributed by atoms with van der Waals surface area (Å²) in [5.74, 6) is -0.305. The Morgan fingerprint density at radius 2 is 2.07 bits per heavy atom. The summed E-state index contributed by atoms with van der Waals surface area (Å²) in [6.07, 6.45) is 0. The van der Waals surface area contributed by atoms with Crippen LogP contribution >= 0.6 is 11.6 Å². The zero-order chi connectivity index (χ0) is 11.0. The van der Waals surface area contributed by atoms with Gasteiger partial charge in [0.2, 0.25) is 0 Å². The highest BCUT2D eigenvalue weighted by atomic mass is 35.5. The van der Waals surface area contributed by atoms with Crippen molar-refractivity contribution in [1.82, 2.24) is 0 Å². The topological polar surface area (TPSA) is 47.3 Å². The lowest BCUT2D eigenvalue weighted by atomic mass is 10.1. The molecule has 76 valence electrons. The van der Waals surface area contributed by atoms with E-state index in [1.54, 1.807) is 18.2 Å². The Bertz CT molecular complexity index is 598. The Morgan fingerprint density at radius 1 is 1.33 bits per heavy atom. The van der Waals surface area contributed by atoms with Crippen molar-refractivity contribution in [3.05, 3.63) is 45.3 Å². The van der Waals surface area contributed by atoms with E-state index in [9.17, 15) is 9.59 Å². The molecule has 0 aliphatic rings. The highest BCUT2D eigenvalue weighted by molar-refractivity contribution is 6.31. The van der Waals surface area contributed by atoms with E-state index in [0.29, 0.717) is 16.0 Å². The number of carbonyl (C=O) groups is 1. The number of hydrogen-bond donors (Lipinski definition) is 0. The molecule has 3 nitrogen and oxygen atoms in total. The molecule has 2 rings (SSSR count). The molecule has 1 aromatic heterocycles. The predicted molar refractivity (Wildman–Crippen MR) is 57.5 cm³/mol. The molecule has 0 amide bonds. The van der Waals surface area contributed by atoms with Gasteiger partial charge in [-0.3, -0.25) is 4.79 Å². The molecule has 0 saturated heterocycles. The Kier molecular flexibility index (Phi) is 2.32. The van der Waals surface area contributed by atoms with Crippen LogP contribution in [0.2, 0.25) is 5.02 Å². The number of halogens is 1. The SMILES string of the molecule is CC(=O)c1cc2ccc(Cl)cc2oc1=O. The van der Waals surface area contributed by atoms with E-state index in [-0.39, 0.29) is 11.3 Å². The van der Waals surface area contributed by atoms with Crippen LogP contribution in [0.3, 0.4) is 0 Å². The van der Waals surface area contributed by atoms with Gasteiger partial charge in [0.05, 0.1) is 0 Å². The third-order valence-corrected chi connectivity index (χ3v) is 2.31. The minimum absolute atomic E-state index is 0.0600. The van der Waals surface area contributed by atoms with Crippen LogP contribution in [0.1, 0.15) is 17.3 Å². The number of ketones is 1. The molecule has 15 heavy (non-hydrogen) atoms. The monoisotopic (exact) mass is 222 g/mol. The number of Topliss-reactive ketones (excluding diaryl/α,β-unsaturated/α-hetero) is 1. The Balaban J connectivity index is 2.82. The second-order valence-corrected chi connectivity index (χ2v) is 3.62. The van der Waals surface area contributed by atoms with Crippen molar-refractivity contribution < 1.29 is 9.21 Å². The van der Waals surface area contributed by atoms with E-state index in [4.69, 9.17) is 16.0 Å². The summed E-state index contributed by atoms with van der Waals surface area (Å²) in [5, 5.41) is 1.17. The predicted octanol–water partition coefficient (Wildman–Crippen LogP) is 2.65. The van der Waals surface area contributed by atoms with E-state index in [1.165, 1.54) is 13.0 Å². The summed E-state index contributed by atoms with van der Waals surface area (Å²) in [7, 11) is 0. The molecule has 0 atom stereocenters. The lowest BCUT2D eigenvalue weighted by molar-refractivity contribution is 0.101. The molecule has 1 aromatic carbocycles. The molecule has 0 unspecified atom stereocenters. The van der Waals surface area contributed by atoms with Crippen LogP contribution in [-0.4, -0.2) is 5.78 Å². The van der Waals surface area contributed by atoms with Crippen LogP contribution < -0.4 is 5.63 Å². The summed E-state index contributed by atoms with van der Waals surface area (Å²) in [6.45, 7) is 1.33. The summed E-state index contributed by atoms with van der Waals surface area (Å²) < 4.78 is 4.97. The first-order chi connectivity index (χ1) is 7.08. The molecule has 0 N–H and O–H groups in total. The summed E-state index contributed by atoms with van der Waals surface area (Å²) in [4.78, 5) is 22.4. The minimum atomic E-state index is -0.628. The van der Waals surface area contributed by atoms with Gasteiger partial charge < -0.3 is 4.42 Å². The van der Waals surface area contributed by atoms with E-state index in [0.717, 1.165) is 0 Å². The van der Waals surface area contributed by atoms with Gasteiger partial charge in [-0.25, -0.2) is 4.79 Å². The molecule has 0 aliphatic heterocycles. The van der Waals surface area contributed by atoms with Crippen molar-refractivity contribution in [1.29, 1.82) is 0 Å². The largest absolute Gasteiger partial charge is 0.422 e. The van der Waals surface area contributed by atoms with Crippen molar-refractivity contribution in [3.63, 3.8) is 0 Å². The van der Waals surface area contributed by atoms with Gasteiger partial charge in [0.15, 0.2) is 5.78 Å². The third-order valence-electron chi connectivity index (χ3n) is 2.08. The average Bonchev–Trinajstić information content (AvgIpc) is 2.15. The van der Waals surface area contributed by atoms with Crippen molar-refractivity contribution in [2.24, 2.45) is 0 Å². The molecule has 0 spiro atoms. The maximum Gasteiger partial charge on any atom is 0.347 e. The van der Waals surface area contributed by atoms with Crippen molar-refractivity contribution in [2.75, 3.05) is 0 Å². The molecule has 0 bridgehead atoms. The lowest BCUT2D eigenvalue weighted by Crippen LogP contribution is -2.10. The number of carbonyl (C=O) groups excluding carboxylic acids is 1. The molecule has 0 aliphatic carbocycles. The average molecular weight is 223 g/mol. The molecule has 0 radical (unpaired) electrons. The van der Waals surface area contributed by atoms with Crippen molar-refractivity contribution >= 4 is 28.4 Å². The standard InChI is InChI=1S/C11H7ClO3/c1-6(13)9-4-7-2-3-8(12)5-10(7)15-11(9)14/h2-5H,1H3. The van der Waals surface area contributed by atoms with Gasteiger partial charge in [0, 0.05) is 16.5 Å². The first-order valence-corrected chi connectivity index (χ1v) is 4.70. The molecule has 0 fully saturated rings. The lowest BCUT2D eigenvalue weighted by Gasteiger charge is -1.98. The van der Waals surface area contributed by atoms with Crippen LogP contribution in [0.25, 0.3) is 11.0 Å². The van der Waals surface area contributed by atoms with Crippen molar-refractivity contribution in [3.8, 4) is 0 Å². The van der Waals surface area contributed by atoms with Crippen LogP contribution in [0, 0.1) is 0 Å². The summed E-state index contributed by atoms with van der Waals surface area (Å²) in [5.41, 5.74) is -0.181. The number of rotatable bonds is 1. The number of hydrogen-bond acceptors (Lipinski definition) is 3. The Labute approximate surface area is 90.3 Å². The first-order valence-electron chi connectivity index (χ1n) is 4.32. The van der Waals surface area contributed by atoms with Gasteiger partial charge in [-0.1, -0.05) is 11.6 Å². The van der Waals surface area contributed by atoms with Gasteiger partial charge in [0.1, 0.15) is 11.1 Å². The number of benzene rings is 1. The van der Waals surface area contributed by atoms with Gasteiger partial charge in [-0.15, -0.1) is 0 Å². The highest BCUT2D eigenvalue weighted by Crippen LogP contribution is 2.18. The van der Waals surface area contributed by atoms with Crippen LogP contribution in [0.4, 0.5) is 0 Å². The van der Waals surface area contributed by atoms with E-state index in [2.05, 4.69) is 0 Å². The maximum absolute atomic E-state index is 11.4. The van der Waals surface area contributed by atoms with Gasteiger partial charge >= 0.3 is 5.63 Å². The first kappa shape index (κ1) is 9.93. The van der Waals surface area contributed by atoms with Gasteiger partial charge in [0.25, 0.3) is 0 Å². The van der Waals surface area contributed by atoms with Gasteiger partial charge in [-0.2, -0.15) is 0 Å². The Morgan fingerprint density at radius 3 is 2.73 bits per heavy atom. The fourth-order valence-electron chi connectivity index (χ4n) is 1.33. The zero-order valence-corrected chi connectivity index (χ0v) is 8.67. The van der Waals surface area contributed by atoms with Crippen molar-refractivity contribution in [2.45, 2.75) is 6.92 Å².